The standard InChI is InChI=1S/C27H22ClFN6O8/c28-25-33-19(30)15-20(34-25)35(11-31-15)22-16(29)27(41)17(42-22)18(27)43-26(23(37)38,24(39)40)10-12-6-8-14(9-7-12)32-21(36)13-4-2-1-3-5-13/h1-9,11,16-18,22,41H,10H2,(H,32,36)(H,37,38)(H,39,40)(H2,30,33,34)/t16-,17-,18?,22-,27+/m1/s1. The highest BCUT2D eigenvalue weighted by Gasteiger charge is 2.80. The van der Waals surface area contributed by atoms with E-state index in [1.165, 1.54) is 24.3 Å². The molecule has 3 heterocycles. The number of rotatable bonds is 9. The molecule has 2 fully saturated rings. The Morgan fingerprint density at radius 3 is 2.40 bits per heavy atom. The van der Waals surface area contributed by atoms with Gasteiger partial charge in [-0.25, -0.2) is 19.0 Å². The van der Waals surface area contributed by atoms with E-state index in [9.17, 15) is 29.7 Å². The lowest BCUT2D eigenvalue weighted by Gasteiger charge is -2.28. The molecule has 2 aromatic carbocycles. The van der Waals surface area contributed by atoms with Crippen LogP contribution in [0.15, 0.2) is 60.9 Å². The molecule has 222 valence electrons. The van der Waals surface area contributed by atoms with Crippen molar-refractivity contribution in [3.63, 3.8) is 0 Å². The molecule has 1 amide bonds. The van der Waals surface area contributed by atoms with Gasteiger partial charge in [-0.3, -0.25) is 9.36 Å². The zero-order chi connectivity index (χ0) is 30.7. The van der Waals surface area contributed by atoms with Crippen LogP contribution in [-0.2, 0) is 25.5 Å². The van der Waals surface area contributed by atoms with E-state index in [0.29, 0.717) is 11.3 Å². The first-order valence-electron chi connectivity index (χ1n) is 12.7. The second kappa shape index (κ2) is 10.2. The number of nitrogens with zero attached hydrogens (tertiary/aromatic N) is 4. The molecule has 2 aliphatic rings. The maximum atomic E-state index is 15.7. The van der Waals surface area contributed by atoms with Crippen LogP contribution in [0.4, 0.5) is 15.9 Å². The Labute approximate surface area is 245 Å². The summed E-state index contributed by atoms with van der Waals surface area (Å²) in [6.07, 6.45) is -6.25. The van der Waals surface area contributed by atoms with Crippen molar-refractivity contribution in [3.8, 4) is 0 Å². The number of aliphatic hydroxyl groups is 1. The summed E-state index contributed by atoms with van der Waals surface area (Å²) in [5.41, 5.74) is 1.66. The molecule has 0 radical (unpaired) electrons. The summed E-state index contributed by atoms with van der Waals surface area (Å²) >= 11 is 5.86. The maximum Gasteiger partial charge on any atom is 0.348 e. The zero-order valence-electron chi connectivity index (χ0n) is 21.8. The average Bonchev–Trinajstić information content (AvgIpc) is 3.20. The number of carbonyl (C=O) groups is 3. The second-order valence-electron chi connectivity index (χ2n) is 10.1. The maximum absolute atomic E-state index is 15.7. The first kappa shape index (κ1) is 28.4. The Morgan fingerprint density at radius 1 is 1.12 bits per heavy atom. The van der Waals surface area contributed by atoms with Gasteiger partial charge in [-0.2, -0.15) is 9.97 Å². The van der Waals surface area contributed by atoms with E-state index in [1.54, 1.807) is 30.3 Å². The Hall–Kier alpha value is -4.70. The third-order valence-corrected chi connectivity index (χ3v) is 7.64. The molecule has 43 heavy (non-hydrogen) atoms. The number of fused-ring (bicyclic) bond motifs is 2. The first-order valence-corrected chi connectivity index (χ1v) is 13.1. The van der Waals surface area contributed by atoms with Gasteiger partial charge in [0.15, 0.2) is 29.5 Å². The normalized spacial score (nSPS) is 24.4. The molecule has 1 aliphatic heterocycles. The van der Waals surface area contributed by atoms with Crippen LogP contribution in [0.1, 0.15) is 22.1 Å². The molecular formula is C27H22ClFN6O8. The number of nitrogen functional groups attached to an aromatic ring is 1. The van der Waals surface area contributed by atoms with E-state index in [0.717, 1.165) is 10.9 Å². The molecule has 1 aliphatic carbocycles. The van der Waals surface area contributed by atoms with Crippen LogP contribution in [0.5, 0.6) is 0 Å². The van der Waals surface area contributed by atoms with Crippen molar-refractivity contribution in [2.75, 3.05) is 11.1 Å². The van der Waals surface area contributed by atoms with Crippen molar-refractivity contribution in [2.24, 2.45) is 0 Å². The highest BCUT2D eigenvalue weighted by atomic mass is 35.5. The summed E-state index contributed by atoms with van der Waals surface area (Å²) in [7, 11) is 0. The van der Waals surface area contributed by atoms with Crippen LogP contribution < -0.4 is 11.1 Å². The number of hydrogen-bond acceptors (Lipinski definition) is 10. The van der Waals surface area contributed by atoms with E-state index in [1.807, 2.05) is 0 Å². The van der Waals surface area contributed by atoms with Crippen molar-refractivity contribution in [1.29, 1.82) is 0 Å². The van der Waals surface area contributed by atoms with Crippen LogP contribution in [0.2, 0.25) is 5.28 Å². The molecule has 6 N–H and O–H groups in total. The van der Waals surface area contributed by atoms with Gasteiger partial charge in [0, 0.05) is 17.7 Å². The summed E-state index contributed by atoms with van der Waals surface area (Å²) in [6.45, 7) is 0. The molecule has 4 aromatic rings. The number of aromatic nitrogens is 4. The van der Waals surface area contributed by atoms with Gasteiger partial charge in [0.1, 0.15) is 17.7 Å². The minimum absolute atomic E-state index is 0.0290. The number of aliphatic carboxylic acids is 2. The lowest BCUT2D eigenvalue weighted by atomic mass is 9.94. The van der Waals surface area contributed by atoms with Crippen LogP contribution in [0, 0.1) is 0 Å². The molecule has 5 atom stereocenters. The third kappa shape index (κ3) is 4.62. The van der Waals surface area contributed by atoms with Gasteiger partial charge in [0.2, 0.25) is 5.28 Å². The fourth-order valence-corrected chi connectivity index (χ4v) is 5.29. The Bertz CT molecular complexity index is 1740. The number of imidazole rings is 1. The number of carboxylic acids is 2. The van der Waals surface area contributed by atoms with Gasteiger partial charge in [0.05, 0.1) is 6.33 Å². The molecule has 0 spiro atoms. The van der Waals surface area contributed by atoms with Gasteiger partial charge >= 0.3 is 11.9 Å². The van der Waals surface area contributed by atoms with Crippen molar-refractivity contribution in [2.45, 2.75) is 42.2 Å². The molecule has 1 saturated heterocycles. The second-order valence-corrected chi connectivity index (χ2v) is 10.4. The van der Waals surface area contributed by atoms with Crippen molar-refractivity contribution < 1.29 is 43.6 Å². The monoisotopic (exact) mass is 612 g/mol. The Balaban J connectivity index is 1.19. The zero-order valence-corrected chi connectivity index (χ0v) is 22.6. The Kier molecular flexibility index (Phi) is 6.76. The molecule has 14 nitrogen and oxygen atoms in total. The lowest BCUT2D eigenvalue weighted by Crippen LogP contribution is -2.53. The van der Waals surface area contributed by atoms with Crippen molar-refractivity contribution in [3.05, 3.63) is 77.3 Å². The number of amides is 1. The van der Waals surface area contributed by atoms with Crippen LogP contribution >= 0.6 is 11.6 Å². The molecule has 6 rings (SSSR count). The highest BCUT2D eigenvalue weighted by molar-refractivity contribution is 6.28. The minimum Gasteiger partial charge on any atom is -0.479 e. The number of nitrogens with one attached hydrogen (secondary N) is 1. The molecule has 16 heteroatoms. The summed E-state index contributed by atoms with van der Waals surface area (Å²) in [4.78, 5) is 48.9. The topological polar surface area (TPSA) is 212 Å². The number of hydrogen-bond donors (Lipinski definition) is 5. The summed E-state index contributed by atoms with van der Waals surface area (Å²) in [5.74, 6) is -4.18. The molecule has 1 unspecified atom stereocenters. The van der Waals surface area contributed by atoms with Crippen molar-refractivity contribution in [1.82, 2.24) is 19.5 Å². The van der Waals surface area contributed by atoms with E-state index in [-0.39, 0.29) is 33.7 Å². The fourth-order valence-electron chi connectivity index (χ4n) is 5.12. The third-order valence-electron chi connectivity index (χ3n) is 7.47. The lowest BCUT2D eigenvalue weighted by molar-refractivity contribution is -0.194. The van der Waals surface area contributed by atoms with Crippen LogP contribution in [0.25, 0.3) is 11.2 Å². The van der Waals surface area contributed by atoms with Gasteiger partial charge in [0.25, 0.3) is 11.5 Å². The van der Waals surface area contributed by atoms with Crippen LogP contribution in [0.3, 0.4) is 0 Å². The number of anilines is 2. The van der Waals surface area contributed by atoms with Gasteiger partial charge < -0.3 is 35.8 Å². The van der Waals surface area contributed by atoms with Crippen LogP contribution in [-0.4, -0.2) is 82.3 Å². The van der Waals surface area contributed by atoms with Gasteiger partial charge in [-0.15, -0.1) is 0 Å². The van der Waals surface area contributed by atoms with Gasteiger partial charge in [-0.05, 0) is 41.4 Å². The van der Waals surface area contributed by atoms with E-state index < -0.39 is 54.2 Å². The smallest absolute Gasteiger partial charge is 0.348 e. The predicted octanol–water partition coefficient (Wildman–Crippen LogP) is 1.83. The van der Waals surface area contributed by atoms with E-state index >= 15 is 4.39 Å². The molecule has 1 saturated carbocycles. The Morgan fingerprint density at radius 2 is 1.79 bits per heavy atom. The largest absolute Gasteiger partial charge is 0.479 e. The van der Waals surface area contributed by atoms with E-state index in [2.05, 4.69) is 20.3 Å². The summed E-state index contributed by atoms with van der Waals surface area (Å²) in [5, 5.41) is 33.5. The number of ether oxygens (including phenoxy) is 2. The minimum atomic E-state index is -2.91. The summed E-state index contributed by atoms with van der Waals surface area (Å²) in [6, 6.07) is 14.2. The number of alkyl halides is 1. The first-order chi connectivity index (χ1) is 20.5. The quantitative estimate of drug-likeness (QED) is 0.135. The molecule has 2 aromatic heterocycles. The number of carbonyl (C=O) groups excluding carboxylic acids is 1. The van der Waals surface area contributed by atoms with E-state index in [4.69, 9.17) is 26.8 Å². The fraction of sp³-hybridized carbons (Fsp3) is 0.259. The predicted molar refractivity (Wildman–Crippen MR) is 146 cm³/mol. The molecular weight excluding hydrogens is 591 g/mol. The number of benzene rings is 2. The summed E-state index contributed by atoms with van der Waals surface area (Å²) < 4.78 is 28.0. The number of carboxylic acid groups (broad SMARTS) is 2. The SMILES string of the molecule is Nc1nc(Cl)nc2c1ncn2[C@@H]1O[C@@H]2C(OC(Cc3ccc(NC(=O)c4ccccc4)cc3)(C(=O)O)C(=O)O)[C@]2(O)[C@@H]1F. The number of halogens is 2. The average molecular weight is 613 g/mol. The molecule has 0 bridgehead atoms. The highest BCUT2D eigenvalue weighted by Crippen LogP contribution is 2.58. The van der Waals surface area contributed by atoms with Gasteiger partial charge in [-0.1, -0.05) is 30.3 Å². The van der Waals surface area contributed by atoms with Crippen molar-refractivity contribution >= 4 is 52.1 Å². The number of nitrogens with two attached hydrogens (primary N) is 1.